The quantitative estimate of drug-likeness (QED) is 0.924. The number of rotatable bonds is 2. The van der Waals surface area contributed by atoms with E-state index in [4.69, 9.17) is 0 Å². The first-order valence-corrected chi connectivity index (χ1v) is 5.75. The van der Waals surface area contributed by atoms with Gasteiger partial charge in [-0.1, -0.05) is 22.0 Å². The van der Waals surface area contributed by atoms with Gasteiger partial charge in [-0.3, -0.25) is 9.36 Å². The van der Waals surface area contributed by atoms with Gasteiger partial charge in [0.1, 0.15) is 11.6 Å². The smallest absolute Gasteiger partial charge is 0.251 e. The number of nitrogens with one attached hydrogen (secondary N) is 1. The lowest BCUT2D eigenvalue weighted by atomic mass is 10.3. The Labute approximate surface area is 106 Å². The molecule has 0 atom stereocenters. The molecule has 3 nitrogen and oxygen atoms in total. The van der Waals surface area contributed by atoms with Crippen molar-refractivity contribution in [3.8, 4) is 0 Å². The van der Waals surface area contributed by atoms with Crippen LogP contribution in [0.3, 0.4) is 0 Å². The molecule has 0 aliphatic carbocycles. The molecule has 0 aliphatic rings. The van der Waals surface area contributed by atoms with Crippen molar-refractivity contribution in [1.82, 2.24) is 4.57 Å². The van der Waals surface area contributed by atoms with Crippen LogP contribution in [-0.4, -0.2) is 4.57 Å². The monoisotopic (exact) mass is 296 g/mol. The van der Waals surface area contributed by atoms with E-state index in [1.807, 2.05) is 0 Å². The molecule has 0 saturated heterocycles. The van der Waals surface area contributed by atoms with Gasteiger partial charge in [-0.05, 0) is 24.3 Å². The summed E-state index contributed by atoms with van der Waals surface area (Å²) in [5, 5.41) is 2.88. The molecule has 0 bridgehead atoms. The summed E-state index contributed by atoms with van der Waals surface area (Å²) in [4.78, 5) is 11.4. The van der Waals surface area contributed by atoms with E-state index in [1.54, 1.807) is 31.3 Å². The number of anilines is 2. The van der Waals surface area contributed by atoms with Gasteiger partial charge in [-0.25, -0.2) is 4.39 Å². The van der Waals surface area contributed by atoms with Crippen LogP contribution in [0.25, 0.3) is 0 Å². The summed E-state index contributed by atoms with van der Waals surface area (Å²) in [7, 11) is 1.63. The third-order valence-corrected chi connectivity index (χ3v) is 2.87. The lowest BCUT2D eigenvalue weighted by molar-refractivity contribution is 0.630. The Balaban J connectivity index is 2.38. The predicted molar refractivity (Wildman–Crippen MR) is 69.1 cm³/mol. The first-order chi connectivity index (χ1) is 8.08. The van der Waals surface area contributed by atoms with Gasteiger partial charge in [0.15, 0.2) is 0 Å². The fraction of sp³-hybridized carbons (Fsp3) is 0.0833. The van der Waals surface area contributed by atoms with E-state index in [0.29, 0.717) is 16.0 Å². The normalized spacial score (nSPS) is 10.3. The van der Waals surface area contributed by atoms with E-state index in [-0.39, 0.29) is 11.4 Å². The third-order valence-electron chi connectivity index (χ3n) is 2.38. The van der Waals surface area contributed by atoms with E-state index >= 15 is 0 Å². The lowest BCUT2D eigenvalue weighted by Gasteiger charge is -2.11. The fourth-order valence-corrected chi connectivity index (χ4v) is 1.75. The Morgan fingerprint density at radius 3 is 2.76 bits per heavy atom. The number of hydrogen-bond donors (Lipinski definition) is 1. The number of hydrogen-bond acceptors (Lipinski definition) is 2. The zero-order valence-corrected chi connectivity index (χ0v) is 10.7. The van der Waals surface area contributed by atoms with Gasteiger partial charge in [0.25, 0.3) is 5.56 Å². The molecule has 1 aromatic carbocycles. The van der Waals surface area contributed by atoms with Crippen molar-refractivity contribution in [3.05, 3.63) is 57.0 Å². The largest absolute Gasteiger partial charge is 0.339 e. The van der Waals surface area contributed by atoms with Gasteiger partial charge in [0.2, 0.25) is 0 Å². The summed E-state index contributed by atoms with van der Waals surface area (Å²) in [6.45, 7) is 0. The van der Waals surface area contributed by atoms with Gasteiger partial charge < -0.3 is 5.32 Å². The number of aromatic nitrogens is 1. The average Bonchev–Trinajstić information content (AvgIpc) is 2.28. The van der Waals surface area contributed by atoms with E-state index < -0.39 is 0 Å². The van der Waals surface area contributed by atoms with Crippen LogP contribution in [0.15, 0.2) is 45.7 Å². The molecule has 0 amide bonds. The molecular formula is C12H10BrFN2O. The second-order valence-corrected chi connectivity index (χ2v) is 4.47. The van der Waals surface area contributed by atoms with Crippen LogP contribution < -0.4 is 10.9 Å². The molecule has 0 spiro atoms. The van der Waals surface area contributed by atoms with E-state index in [2.05, 4.69) is 21.2 Å². The SMILES string of the molecule is Cn1c(Nc2ccc(Br)cc2F)cccc1=O. The van der Waals surface area contributed by atoms with Crippen LogP contribution in [0.5, 0.6) is 0 Å². The Bertz CT molecular complexity index is 610. The molecule has 0 fully saturated rings. The highest BCUT2D eigenvalue weighted by atomic mass is 79.9. The second kappa shape index (κ2) is 4.71. The van der Waals surface area contributed by atoms with Crippen LogP contribution in [0, 0.1) is 5.82 Å². The summed E-state index contributed by atoms with van der Waals surface area (Å²) in [5.74, 6) is 0.161. The van der Waals surface area contributed by atoms with Crippen molar-refractivity contribution in [2.75, 3.05) is 5.32 Å². The van der Waals surface area contributed by atoms with Crippen LogP contribution in [0.1, 0.15) is 0 Å². The first kappa shape index (κ1) is 11.9. The van der Waals surface area contributed by atoms with E-state index in [9.17, 15) is 9.18 Å². The molecule has 17 heavy (non-hydrogen) atoms. The number of pyridine rings is 1. The molecule has 0 radical (unpaired) electrons. The topological polar surface area (TPSA) is 34.0 Å². The molecule has 2 aromatic rings. The van der Waals surface area contributed by atoms with Gasteiger partial charge in [0.05, 0.1) is 5.69 Å². The molecule has 2 rings (SSSR count). The summed E-state index contributed by atoms with van der Waals surface area (Å²) < 4.78 is 15.7. The molecule has 0 saturated carbocycles. The number of nitrogens with zero attached hydrogens (tertiary/aromatic N) is 1. The molecule has 1 N–H and O–H groups in total. The highest BCUT2D eigenvalue weighted by molar-refractivity contribution is 9.10. The highest BCUT2D eigenvalue weighted by Crippen LogP contribution is 2.22. The summed E-state index contributed by atoms with van der Waals surface area (Å²) in [6, 6.07) is 9.49. The molecule has 1 aromatic heterocycles. The standard InChI is InChI=1S/C12H10BrFN2O/c1-16-11(3-2-4-12(16)17)15-10-6-5-8(13)7-9(10)14/h2-7,15H,1H3. The molecular weight excluding hydrogens is 287 g/mol. The Morgan fingerprint density at radius 2 is 2.06 bits per heavy atom. The fourth-order valence-electron chi connectivity index (χ4n) is 1.42. The van der Waals surface area contributed by atoms with Crippen molar-refractivity contribution in [3.63, 3.8) is 0 Å². The molecule has 0 aliphatic heterocycles. The minimum absolute atomic E-state index is 0.146. The maximum absolute atomic E-state index is 13.6. The lowest BCUT2D eigenvalue weighted by Crippen LogP contribution is -2.17. The minimum Gasteiger partial charge on any atom is -0.339 e. The first-order valence-electron chi connectivity index (χ1n) is 4.96. The minimum atomic E-state index is -0.379. The van der Waals surface area contributed by atoms with Crippen molar-refractivity contribution in [2.24, 2.45) is 7.05 Å². The molecule has 1 heterocycles. The Morgan fingerprint density at radius 1 is 1.29 bits per heavy atom. The summed E-state index contributed by atoms with van der Waals surface area (Å²) in [5.41, 5.74) is 0.182. The number of benzene rings is 1. The van der Waals surface area contributed by atoms with Gasteiger partial charge >= 0.3 is 0 Å². The zero-order chi connectivity index (χ0) is 12.4. The Hall–Kier alpha value is -1.62. The van der Waals surface area contributed by atoms with Crippen LogP contribution in [-0.2, 0) is 7.05 Å². The average molecular weight is 297 g/mol. The second-order valence-electron chi connectivity index (χ2n) is 3.56. The molecule has 0 unspecified atom stereocenters. The number of halogens is 2. The third kappa shape index (κ3) is 2.55. The maximum Gasteiger partial charge on any atom is 0.251 e. The molecule has 5 heteroatoms. The predicted octanol–water partition coefficient (Wildman–Crippen LogP) is 3.03. The Kier molecular flexibility index (Phi) is 3.28. The van der Waals surface area contributed by atoms with Crippen molar-refractivity contribution >= 4 is 27.4 Å². The maximum atomic E-state index is 13.6. The summed E-state index contributed by atoms with van der Waals surface area (Å²) in [6.07, 6.45) is 0. The van der Waals surface area contributed by atoms with Crippen molar-refractivity contribution in [2.45, 2.75) is 0 Å². The van der Waals surface area contributed by atoms with Gasteiger partial charge in [-0.2, -0.15) is 0 Å². The molecule has 88 valence electrons. The van der Waals surface area contributed by atoms with Gasteiger partial charge in [-0.15, -0.1) is 0 Å². The van der Waals surface area contributed by atoms with Crippen LogP contribution in [0.4, 0.5) is 15.9 Å². The van der Waals surface area contributed by atoms with E-state index in [0.717, 1.165) is 0 Å². The van der Waals surface area contributed by atoms with E-state index in [1.165, 1.54) is 16.7 Å². The van der Waals surface area contributed by atoms with Crippen LogP contribution in [0.2, 0.25) is 0 Å². The van der Waals surface area contributed by atoms with Crippen molar-refractivity contribution < 1.29 is 4.39 Å². The highest BCUT2D eigenvalue weighted by Gasteiger charge is 2.05. The van der Waals surface area contributed by atoms with Crippen molar-refractivity contribution in [1.29, 1.82) is 0 Å². The van der Waals surface area contributed by atoms with Crippen LogP contribution >= 0.6 is 15.9 Å². The zero-order valence-electron chi connectivity index (χ0n) is 9.08. The summed E-state index contributed by atoms with van der Waals surface area (Å²) >= 11 is 3.18. The van der Waals surface area contributed by atoms with Gasteiger partial charge in [0, 0.05) is 17.6 Å².